The number of fused-ring (bicyclic) bond motifs is 2. The number of aryl methyl sites for hydroxylation is 1. The highest BCUT2D eigenvalue weighted by Crippen LogP contribution is 2.31. The number of hydrogen-bond donors (Lipinski definition) is 3. The maximum Gasteiger partial charge on any atom is 0.161 e. The number of aromatic nitrogens is 6. The molecule has 3 N–H and O–H groups in total. The summed E-state index contributed by atoms with van der Waals surface area (Å²) in [6.07, 6.45) is 4.04. The molecule has 1 fully saturated rings. The minimum atomic E-state index is 0.487. The Labute approximate surface area is 179 Å². The molecule has 0 unspecified atom stereocenters. The summed E-state index contributed by atoms with van der Waals surface area (Å²) in [5.41, 5.74) is 8.56. The van der Waals surface area contributed by atoms with Crippen molar-refractivity contribution in [3.8, 4) is 22.8 Å². The molecule has 5 aromatic rings. The Morgan fingerprint density at radius 2 is 1.77 bits per heavy atom. The van der Waals surface area contributed by atoms with Crippen LogP contribution in [0.2, 0.25) is 0 Å². The molecule has 1 aliphatic heterocycles. The molecule has 1 saturated heterocycles. The van der Waals surface area contributed by atoms with Crippen LogP contribution in [0.25, 0.3) is 44.8 Å². The Balaban J connectivity index is 1.47. The van der Waals surface area contributed by atoms with Gasteiger partial charge in [-0.1, -0.05) is 23.8 Å². The fourth-order valence-electron chi connectivity index (χ4n) is 4.48. The first-order chi connectivity index (χ1) is 15.3. The third-order valence-corrected chi connectivity index (χ3v) is 6.10. The van der Waals surface area contributed by atoms with Crippen molar-refractivity contribution >= 4 is 22.1 Å². The maximum absolute atomic E-state index is 5.00. The summed E-state index contributed by atoms with van der Waals surface area (Å²) >= 11 is 0. The molecule has 0 spiro atoms. The van der Waals surface area contributed by atoms with Crippen molar-refractivity contribution in [2.45, 2.75) is 25.7 Å². The van der Waals surface area contributed by atoms with E-state index < -0.39 is 0 Å². The standard InChI is InChI=1S/C24H23N7/c1-14-3-2-4-16(13-14)20-21-18(9-12-26-20)28-24(29-21)23-22-19(30-31-23)6-5-17(27-22)15-7-10-25-11-8-15/h2-6,9,12-13,15,25H,7-8,10-11H2,1H3,(H,28,29)(H,30,31). The SMILES string of the molecule is Cc1cccc(-c2nccc3[nH]c(-c4n[nH]c5ccc(C6CCNCC6)nc45)nc23)c1. The molecular weight excluding hydrogens is 386 g/mol. The van der Waals surface area contributed by atoms with Crippen LogP contribution in [0.1, 0.15) is 30.0 Å². The van der Waals surface area contributed by atoms with Crippen LogP contribution >= 0.6 is 0 Å². The molecule has 154 valence electrons. The summed E-state index contributed by atoms with van der Waals surface area (Å²) < 4.78 is 0. The van der Waals surface area contributed by atoms with Crippen LogP contribution < -0.4 is 5.32 Å². The Kier molecular flexibility index (Phi) is 4.28. The number of nitrogens with one attached hydrogen (secondary N) is 3. The molecule has 5 heterocycles. The second-order valence-electron chi connectivity index (χ2n) is 8.24. The molecule has 0 aliphatic carbocycles. The average Bonchev–Trinajstić information content (AvgIpc) is 3.43. The number of piperidine rings is 1. The van der Waals surface area contributed by atoms with E-state index in [9.17, 15) is 0 Å². The quantitative estimate of drug-likeness (QED) is 0.412. The zero-order chi connectivity index (χ0) is 20.8. The van der Waals surface area contributed by atoms with Crippen molar-refractivity contribution in [3.63, 3.8) is 0 Å². The van der Waals surface area contributed by atoms with Gasteiger partial charge in [-0.15, -0.1) is 0 Å². The molecule has 31 heavy (non-hydrogen) atoms. The number of benzene rings is 1. The molecule has 0 radical (unpaired) electrons. The lowest BCUT2D eigenvalue weighted by Gasteiger charge is -2.22. The van der Waals surface area contributed by atoms with Crippen molar-refractivity contribution in [2.75, 3.05) is 13.1 Å². The van der Waals surface area contributed by atoms with Crippen LogP contribution in [-0.4, -0.2) is 43.2 Å². The third-order valence-electron chi connectivity index (χ3n) is 6.10. The van der Waals surface area contributed by atoms with Crippen LogP contribution in [0.5, 0.6) is 0 Å². The van der Waals surface area contributed by atoms with Gasteiger partial charge in [-0.3, -0.25) is 10.1 Å². The van der Waals surface area contributed by atoms with Crippen LogP contribution in [0.3, 0.4) is 0 Å². The molecule has 1 aromatic carbocycles. The van der Waals surface area contributed by atoms with Crippen molar-refractivity contribution in [2.24, 2.45) is 0 Å². The first-order valence-corrected chi connectivity index (χ1v) is 10.7. The molecule has 7 heteroatoms. The zero-order valence-electron chi connectivity index (χ0n) is 17.3. The van der Waals surface area contributed by atoms with E-state index in [1.54, 1.807) is 0 Å². The number of hydrogen-bond acceptors (Lipinski definition) is 5. The van der Waals surface area contributed by atoms with Crippen molar-refractivity contribution in [1.82, 2.24) is 35.5 Å². The van der Waals surface area contributed by atoms with Gasteiger partial charge in [0, 0.05) is 23.4 Å². The van der Waals surface area contributed by atoms with E-state index in [1.807, 2.05) is 18.3 Å². The van der Waals surface area contributed by atoms with Crippen LogP contribution in [-0.2, 0) is 0 Å². The van der Waals surface area contributed by atoms with Gasteiger partial charge in [0.1, 0.15) is 11.0 Å². The molecule has 0 saturated carbocycles. The monoisotopic (exact) mass is 409 g/mol. The highest BCUT2D eigenvalue weighted by Gasteiger charge is 2.20. The van der Waals surface area contributed by atoms with Gasteiger partial charge in [-0.25, -0.2) is 9.97 Å². The summed E-state index contributed by atoms with van der Waals surface area (Å²) in [5.74, 6) is 1.19. The Morgan fingerprint density at radius 1 is 0.903 bits per heavy atom. The summed E-state index contributed by atoms with van der Waals surface area (Å²) in [4.78, 5) is 18.0. The van der Waals surface area contributed by atoms with Gasteiger partial charge in [0.25, 0.3) is 0 Å². The number of nitrogens with zero attached hydrogens (tertiary/aromatic N) is 4. The van der Waals surface area contributed by atoms with E-state index in [0.29, 0.717) is 11.7 Å². The maximum atomic E-state index is 5.00. The predicted molar refractivity (Wildman–Crippen MR) is 122 cm³/mol. The van der Waals surface area contributed by atoms with Crippen molar-refractivity contribution in [1.29, 1.82) is 0 Å². The molecule has 0 bridgehead atoms. The molecule has 4 aromatic heterocycles. The Bertz CT molecular complexity index is 1390. The number of rotatable bonds is 3. The predicted octanol–water partition coefficient (Wildman–Crippen LogP) is 4.34. The summed E-state index contributed by atoms with van der Waals surface area (Å²) in [7, 11) is 0. The second-order valence-corrected chi connectivity index (χ2v) is 8.24. The van der Waals surface area contributed by atoms with Gasteiger partial charge in [0.05, 0.1) is 16.7 Å². The van der Waals surface area contributed by atoms with Crippen LogP contribution in [0, 0.1) is 6.92 Å². The number of pyridine rings is 2. The van der Waals surface area contributed by atoms with Gasteiger partial charge in [0.15, 0.2) is 11.5 Å². The summed E-state index contributed by atoms with van der Waals surface area (Å²) in [6, 6.07) is 14.5. The molecule has 6 rings (SSSR count). The first kappa shape index (κ1) is 18.2. The lowest BCUT2D eigenvalue weighted by molar-refractivity contribution is 0.454. The fraction of sp³-hybridized carbons (Fsp3) is 0.250. The molecular formula is C24H23N7. The number of H-pyrrole nitrogens is 2. The third kappa shape index (κ3) is 3.18. The summed E-state index contributed by atoms with van der Waals surface area (Å²) in [6.45, 7) is 4.17. The summed E-state index contributed by atoms with van der Waals surface area (Å²) in [5, 5.41) is 11.1. The Morgan fingerprint density at radius 3 is 2.65 bits per heavy atom. The van der Waals surface area contributed by atoms with Gasteiger partial charge < -0.3 is 10.3 Å². The topological polar surface area (TPSA) is 95.2 Å². The lowest BCUT2D eigenvalue weighted by Crippen LogP contribution is -2.27. The zero-order valence-corrected chi connectivity index (χ0v) is 17.3. The highest BCUT2D eigenvalue weighted by atomic mass is 15.2. The first-order valence-electron chi connectivity index (χ1n) is 10.7. The molecule has 7 nitrogen and oxygen atoms in total. The van der Waals surface area contributed by atoms with Gasteiger partial charge in [-0.2, -0.15) is 5.10 Å². The van der Waals surface area contributed by atoms with E-state index in [1.165, 1.54) is 5.56 Å². The number of imidazole rings is 1. The minimum Gasteiger partial charge on any atom is -0.336 e. The van der Waals surface area contributed by atoms with Crippen molar-refractivity contribution < 1.29 is 0 Å². The van der Waals surface area contributed by atoms with E-state index >= 15 is 0 Å². The largest absolute Gasteiger partial charge is 0.336 e. The smallest absolute Gasteiger partial charge is 0.161 e. The molecule has 0 atom stereocenters. The minimum absolute atomic E-state index is 0.487. The van der Waals surface area contributed by atoms with E-state index in [-0.39, 0.29) is 0 Å². The van der Waals surface area contributed by atoms with Gasteiger partial charge in [0.2, 0.25) is 0 Å². The van der Waals surface area contributed by atoms with Gasteiger partial charge in [-0.05, 0) is 57.1 Å². The van der Waals surface area contributed by atoms with Gasteiger partial charge >= 0.3 is 0 Å². The molecule has 1 aliphatic rings. The van der Waals surface area contributed by atoms with Crippen LogP contribution in [0.4, 0.5) is 0 Å². The lowest BCUT2D eigenvalue weighted by atomic mass is 9.94. The van der Waals surface area contributed by atoms with Crippen molar-refractivity contribution in [3.05, 3.63) is 59.9 Å². The van der Waals surface area contributed by atoms with E-state index in [2.05, 4.69) is 62.7 Å². The molecule has 0 amide bonds. The van der Waals surface area contributed by atoms with E-state index in [4.69, 9.17) is 9.97 Å². The van der Waals surface area contributed by atoms with E-state index in [0.717, 1.165) is 70.6 Å². The second kappa shape index (κ2) is 7.28. The highest BCUT2D eigenvalue weighted by molar-refractivity contribution is 5.94. The fourth-order valence-corrected chi connectivity index (χ4v) is 4.48. The number of aromatic amines is 2. The Hall–Kier alpha value is -3.58. The average molecular weight is 409 g/mol. The van der Waals surface area contributed by atoms with Crippen LogP contribution in [0.15, 0.2) is 48.7 Å². The normalized spacial score (nSPS) is 15.1.